The molecule has 2 aromatic heterocycles. The van der Waals surface area contributed by atoms with E-state index in [0.29, 0.717) is 12.6 Å². The molecule has 3 heterocycles. The predicted molar refractivity (Wildman–Crippen MR) is 154 cm³/mol. The van der Waals surface area contributed by atoms with Crippen molar-refractivity contribution in [1.82, 2.24) is 19.9 Å². The molecule has 0 amide bonds. The van der Waals surface area contributed by atoms with E-state index in [1.807, 2.05) is 6.07 Å². The molecular formula is C29H40N6O3. The van der Waals surface area contributed by atoms with Crippen molar-refractivity contribution >= 4 is 33.7 Å². The highest BCUT2D eigenvalue weighted by molar-refractivity contribution is 6.09. The van der Waals surface area contributed by atoms with E-state index in [0.717, 1.165) is 98.2 Å². The second kappa shape index (κ2) is 13.4. The van der Waals surface area contributed by atoms with Gasteiger partial charge in [-0.25, -0.2) is 4.98 Å². The van der Waals surface area contributed by atoms with Gasteiger partial charge in [-0.1, -0.05) is 37.6 Å². The van der Waals surface area contributed by atoms with Crippen molar-refractivity contribution in [3.8, 4) is 5.75 Å². The fourth-order valence-corrected chi connectivity index (χ4v) is 5.02. The minimum absolute atomic E-state index is 0.281. The zero-order valence-corrected chi connectivity index (χ0v) is 22.7. The number of benzene rings is 2. The van der Waals surface area contributed by atoms with Gasteiger partial charge in [-0.05, 0) is 43.0 Å². The molecule has 4 aromatic rings. The van der Waals surface area contributed by atoms with Crippen LogP contribution in [0.25, 0.3) is 21.9 Å². The summed E-state index contributed by atoms with van der Waals surface area (Å²) in [5.41, 5.74) is 11.4. The summed E-state index contributed by atoms with van der Waals surface area (Å²) in [5.74, 6) is 1.93. The van der Waals surface area contributed by atoms with Crippen molar-refractivity contribution in [3.05, 3.63) is 53.6 Å². The van der Waals surface area contributed by atoms with E-state index in [9.17, 15) is 0 Å². The molecule has 2 aromatic carbocycles. The Morgan fingerprint density at radius 1 is 1.13 bits per heavy atom. The van der Waals surface area contributed by atoms with E-state index in [2.05, 4.69) is 68.5 Å². The van der Waals surface area contributed by atoms with Crippen molar-refractivity contribution in [2.24, 2.45) is 0 Å². The number of hydrogen-bond donors (Lipinski definition) is 4. The van der Waals surface area contributed by atoms with E-state index in [4.69, 9.17) is 20.3 Å². The van der Waals surface area contributed by atoms with Crippen LogP contribution in [0.5, 0.6) is 5.75 Å². The van der Waals surface area contributed by atoms with Gasteiger partial charge in [-0.3, -0.25) is 0 Å². The first-order valence-electron chi connectivity index (χ1n) is 13.4. The second-order valence-corrected chi connectivity index (χ2v) is 9.42. The summed E-state index contributed by atoms with van der Waals surface area (Å²) in [7, 11) is 2.73. The minimum Gasteiger partial charge on any atom is -0.496 e. The van der Waals surface area contributed by atoms with Gasteiger partial charge in [0.05, 0.1) is 19.2 Å². The van der Waals surface area contributed by atoms with E-state index in [1.165, 1.54) is 5.56 Å². The first kappa shape index (κ1) is 27.6. The molecule has 0 atom stereocenters. The van der Waals surface area contributed by atoms with Gasteiger partial charge in [-0.15, -0.1) is 0 Å². The molecule has 5 rings (SSSR count). The number of anilines is 2. The SMILES string of the molecule is CCCCNc1nc(N)nc2c3ccccc3n(Cc3cc(CNC4CCOCC4)ccc3OC)c12.CO. The number of methoxy groups -OCH3 is 1. The summed E-state index contributed by atoms with van der Waals surface area (Å²) >= 11 is 0. The van der Waals surface area contributed by atoms with Gasteiger partial charge in [0.25, 0.3) is 0 Å². The quantitative estimate of drug-likeness (QED) is 0.228. The summed E-state index contributed by atoms with van der Waals surface area (Å²) < 4.78 is 13.6. The van der Waals surface area contributed by atoms with Crippen molar-refractivity contribution in [2.45, 2.75) is 51.7 Å². The predicted octanol–water partition coefficient (Wildman–Crippen LogP) is 4.31. The van der Waals surface area contributed by atoms with Crippen LogP contribution in [-0.4, -0.2) is 59.7 Å². The Labute approximate surface area is 224 Å². The third kappa shape index (κ3) is 6.18. The summed E-state index contributed by atoms with van der Waals surface area (Å²) in [5, 5.41) is 15.3. The fourth-order valence-electron chi connectivity index (χ4n) is 5.02. The summed E-state index contributed by atoms with van der Waals surface area (Å²) in [6.45, 7) is 6.13. The van der Waals surface area contributed by atoms with Gasteiger partial charge in [-0.2, -0.15) is 4.98 Å². The van der Waals surface area contributed by atoms with E-state index in [1.54, 1.807) is 7.11 Å². The molecule has 1 fully saturated rings. The number of fused-ring (bicyclic) bond motifs is 3. The highest BCUT2D eigenvalue weighted by Gasteiger charge is 2.19. The van der Waals surface area contributed by atoms with Crippen LogP contribution >= 0.6 is 0 Å². The number of hydrogen-bond acceptors (Lipinski definition) is 8. The summed E-state index contributed by atoms with van der Waals surface area (Å²) in [6, 6.07) is 15.3. The van der Waals surface area contributed by atoms with Gasteiger partial charge in [0.2, 0.25) is 5.95 Å². The number of aliphatic hydroxyl groups excluding tert-OH is 1. The lowest BCUT2D eigenvalue weighted by Gasteiger charge is -2.23. The molecule has 1 aliphatic heterocycles. The number of aromatic nitrogens is 3. The van der Waals surface area contributed by atoms with Crippen LogP contribution in [-0.2, 0) is 17.8 Å². The van der Waals surface area contributed by atoms with Crippen LogP contribution in [0, 0.1) is 0 Å². The van der Waals surface area contributed by atoms with Gasteiger partial charge in [0, 0.05) is 50.4 Å². The maximum absolute atomic E-state index is 7.00. The Bertz CT molecular complexity index is 1330. The Morgan fingerprint density at radius 3 is 2.68 bits per heavy atom. The van der Waals surface area contributed by atoms with Crippen molar-refractivity contribution in [2.75, 3.05) is 45.0 Å². The Morgan fingerprint density at radius 2 is 1.92 bits per heavy atom. The zero-order chi connectivity index (χ0) is 26.9. The lowest BCUT2D eigenvalue weighted by Crippen LogP contribution is -2.34. The molecule has 9 heteroatoms. The number of para-hydroxylation sites is 1. The molecule has 0 bridgehead atoms. The molecule has 0 radical (unpaired) electrons. The van der Waals surface area contributed by atoms with E-state index >= 15 is 0 Å². The van der Waals surface area contributed by atoms with E-state index < -0.39 is 0 Å². The smallest absolute Gasteiger partial charge is 0.222 e. The number of unbranched alkanes of at least 4 members (excludes halogenated alkanes) is 1. The van der Waals surface area contributed by atoms with Crippen molar-refractivity contribution in [1.29, 1.82) is 0 Å². The first-order valence-corrected chi connectivity index (χ1v) is 13.4. The highest BCUT2D eigenvalue weighted by atomic mass is 16.5. The molecule has 5 N–H and O–H groups in total. The number of rotatable bonds is 10. The number of ether oxygens (including phenoxy) is 2. The molecule has 38 heavy (non-hydrogen) atoms. The fraction of sp³-hybridized carbons (Fsp3) is 0.448. The summed E-state index contributed by atoms with van der Waals surface area (Å²) in [6.07, 6.45) is 4.27. The molecule has 0 aliphatic carbocycles. The normalized spacial score (nSPS) is 13.9. The number of nitrogens with one attached hydrogen (secondary N) is 2. The Balaban J connectivity index is 0.00000164. The van der Waals surface area contributed by atoms with Crippen molar-refractivity contribution in [3.63, 3.8) is 0 Å². The standard InChI is InChI=1S/C28H36N6O2.CH4O/c1-3-4-13-30-27-26-25(32-28(29)33-27)22-7-5-6-8-23(22)34(26)18-20-16-19(9-10-24(20)35-2)17-31-21-11-14-36-15-12-21;1-2/h5-10,16,21,31H,3-4,11-15,17-18H2,1-2H3,(H3,29,30,32,33);2H,1H3. The molecule has 0 spiro atoms. The van der Waals surface area contributed by atoms with Crippen LogP contribution in [0.4, 0.5) is 11.8 Å². The molecule has 9 nitrogen and oxygen atoms in total. The number of aliphatic hydroxyl groups is 1. The van der Waals surface area contributed by atoms with Crippen molar-refractivity contribution < 1.29 is 14.6 Å². The summed E-state index contributed by atoms with van der Waals surface area (Å²) in [4.78, 5) is 9.25. The van der Waals surface area contributed by atoms with Crippen LogP contribution in [0.3, 0.4) is 0 Å². The average molecular weight is 521 g/mol. The van der Waals surface area contributed by atoms with Crippen LogP contribution in [0.2, 0.25) is 0 Å². The molecule has 1 saturated heterocycles. The zero-order valence-electron chi connectivity index (χ0n) is 22.7. The third-order valence-corrected chi connectivity index (χ3v) is 6.93. The molecule has 0 saturated carbocycles. The molecular weight excluding hydrogens is 480 g/mol. The minimum atomic E-state index is 0.281. The van der Waals surface area contributed by atoms with Crippen LogP contribution < -0.4 is 21.1 Å². The number of nitrogens with zero attached hydrogens (tertiary/aromatic N) is 3. The third-order valence-electron chi connectivity index (χ3n) is 6.93. The monoisotopic (exact) mass is 520 g/mol. The van der Waals surface area contributed by atoms with Crippen LogP contribution in [0.1, 0.15) is 43.7 Å². The molecule has 0 unspecified atom stereocenters. The lowest BCUT2D eigenvalue weighted by molar-refractivity contribution is 0.0776. The van der Waals surface area contributed by atoms with Gasteiger partial charge in [0.1, 0.15) is 16.8 Å². The maximum atomic E-state index is 7.00. The van der Waals surface area contributed by atoms with Gasteiger partial charge < -0.3 is 35.5 Å². The second-order valence-electron chi connectivity index (χ2n) is 9.42. The Kier molecular flexibility index (Phi) is 9.75. The van der Waals surface area contributed by atoms with Gasteiger partial charge in [0.15, 0.2) is 5.82 Å². The number of nitrogens with two attached hydrogens (primary N) is 1. The van der Waals surface area contributed by atoms with Gasteiger partial charge >= 0.3 is 0 Å². The topological polar surface area (TPSA) is 119 Å². The largest absolute Gasteiger partial charge is 0.496 e. The highest BCUT2D eigenvalue weighted by Crippen LogP contribution is 2.34. The molecule has 1 aliphatic rings. The molecule has 204 valence electrons. The average Bonchev–Trinajstić information content (AvgIpc) is 3.27. The lowest BCUT2D eigenvalue weighted by atomic mass is 10.1. The van der Waals surface area contributed by atoms with Crippen LogP contribution in [0.15, 0.2) is 42.5 Å². The first-order chi connectivity index (χ1) is 18.7. The Hall–Kier alpha value is -3.40. The van der Waals surface area contributed by atoms with E-state index in [-0.39, 0.29) is 5.95 Å². The maximum Gasteiger partial charge on any atom is 0.222 e. The number of nitrogen functional groups attached to an aromatic ring is 1.